The molecule has 6 heteroatoms. The number of nitrogens with one attached hydrogen (secondary N) is 1. The van der Waals surface area contributed by atoms with Crippen molar-refractivity contribution < 1.29 is 14.0 Å². The Kier molecular flexibility index (Phi) is 6.74. The van der Waals surface area contributed by atoms with Gasteiger partial charge in [-0.1, -0.05) is 12.1 Å². The largest absolute Gasteiger partial charge is 0.324 e. The van der Waals surface area contributed by atoms with Gasteiger partial charge in [0, 0.05) is 19.5 Å². The van der Waals surface area contributed by atoms with Crippen LogP contribution in [0.25, 0.3) is 0 Å². The van der Waals surface area contributed by atoms with Gasteiger partial charge in [-0.05, 0) is 67.8 Å². The van der Waals surface area contributed by atoms with E-state index in [1.165, 1.54) is 23.0 Å². The zero-order valence-electron chi connectivity index (χ0n) is 15.5. The first-order valence-corrected chi connectivity index (χ1v) is 10.2. The summed E-state index contributed by atoms with van der Waals surface area (Å²) < 4.78 is 13.6. The van der Waals surface area contributed by atoms with Crippen LogP contribution in [0.4, 0.5) is 10.1 Å². The van der Waals surface area contributed by atoms with E-state index in [9.17, 15) is 14.0 Å². The van der Waals surface area contributed by atoms with Crippen molar-refractivity contribution >= 4 is 28.7 Å². The lowest BCUT2D eigenvalue weighted by Gasteiger charge is -2.32. The van der Waals surface area contributed by atoms with Crippen LogP contribution in [0.15, 0.2) is 35.7 Å². The van der Waals surface area contributed by atoms with Gasteiger partial charge in [0.2, 0.25) is 5.91 Å². The third-order valence-electron chi connectivity index (χ3n) is 4.94. The van der Waals surface area contributed by atoms with Crippen molar-refractivity contribution in [1.29, 1.82) is 0 Å². The van der Waals surface area contributed by atoms with Crippen LogP contribution in [0.3, 0.4) is 0 Å². The number of carbonyl (C=O) groups is 2. The Morgan fingerprint density at radius 1 is 1.33 bits per heavy atom. The average Bonchev–Trinajstić information content (AvgIpc) is 3.11. The molecule has 0 aliphatic carbocycles. The molecule has 1 aliphatic rings. The summed E-state index contributed by atoms with van der Waals surface area (Å²) in [5.41, 5.74) is 1.43. The van der Waals surface area contributed by atoms with Gasteiger partial charge in [-0.2, -0.15) is 0 Å². The van der Waals surface area contributed by atoms with E-state index in [0.29, 0.717) is 12.3 Å². The molecule has 1 aromatic heterocycles. The molecule has 2 heterocycles. The lowest BCUT2D eigenvalue weighted by Crippen LogP contribution is -2.35. The molecule has 1 aromatic carbocycles. The Balaban J connectivity index is 1.46. The van der Waals surface area contributed by atoms with Crippen LogP contribution >= 0.6 is 11.3 Å². The monoisotopic (exact) mass is 388 g/mol. The number of amides is 1. The molecule has 1 atom stereocenters. The fraction of sp³-hybridized carbons (Fsp3) is 0.429. The Labute approximate surface area is 163 Å². The summed E-state index contributed by atoms with van der Waals surface area (Å²) in [5.74, 6) is 0.0382. The molecular weight excluding hydrogens is 363 g/mol. The second kappa shape index (κ2) is 9.24. The van der Waals surface area contributed by atoms with E-state index >= 15 is 0 Å². The summed E-state index contributed by atoms with van der Waals surface area (Å²) in [7, 11) is 0. The van der Waals surface area contributed by atoms with E-state index in [1.54, 1.807) is 25.1 Å². The highest BCUT2D eigenvalue weighted by Crippen LogP contribution is 2.24. The number of Topliss-reactive ketones (excluding diaryl/α,β-unsaturated/α-hetero) is 1. The molecule has 2 aromatic rings. The van der Waals surface area contributed by atoms with Crippen LogP contribution in [0.2, 0.25) is 0 Å². The summed E-state index contributed by atoms with van der Waals surface area (Å²) >= 11 is 1.50. The van der Waals surface area contributed by atoms with Gasteiger partial charge in [0.05, 0.1) is 10.6 Å². The lowest BCUT2D eigenvalue weighted by atomic mass is 9.93. The standard InChI is InChI=1S/C21H25FN2O2S/c1-15(25)20-11-17(14-27-20)13-24-10-4-5-16(12-24)8-9-21(26)23-19-7-3-2-6-18(19)22/h2-3,6-7,11,14,16H,4-5,8-10,12-13H2,1H3,(H,23,26)/t16-/m0/s1. The molecule has 27 heavy (non-hydrogen) atoms. The zero-order valence-corrected chi connectivity index (χ0v) is 16.4. The molecule has 0 spiro atoms. The first-order chi connectivity index (χ1) is 13.0. The Morgan fingerprint density at radius 2 is 2.15 bits per heavy atom. The van der Waals surface area contributed by atoms with Gasteiger partial charge < -0.3 is 5.32 Å². The minimum Gasteiger partial charge on any atom is -0.324 e. The number of hydrogen-bond donors (Lipinski definition) is 1. The van der Waals surface area contributed by atoms with Gasteiger partial charge in [-0.3, -0.25) is 14.5 Å². The number of halogens is 1. The molecule has 0 bridgehead atoms. The maximum atomic E-state index is 13.6. The van der Waals surface area contributed by atoms with Crippen LogP contribution in [-0.2, 0) is 11.3 Å². The van der Waals surface area contributed by atoms with Crippen molar-refractivity contribution in [3.05, 3.63) is 52.0 Å². The number of carbonyl (C=O) groups excluding carboxylic acids is 2. The molecule has 144 valence electrons. The van der Waals surface area contributed by atoms with Gasteiger partial charge in [0.1, 0.15) is 5.82 Å². The first kappa shape index (κ1) is 19.7. The smallest absolute Gasteiger partial charge is 0.224 e. The number of benzene rings is 1. The second-order valence-electron chi connectivity index (χ2n) is 7.19. The summed E-state index contributed by atoms with van der Waals surface area (Å²) in [6.45, 7) is 4.45. The molecule has 4 nitrogen and oxygen atoms in total. The fourth-order valence-corrected chi connectivity index (χ4v) is 4.35. The number of hydrogen-bond acceptors (Lipinski definition) is 4. The summed E-state index contributed by atoms with van der Waals surface area (Å²) in [6.07, 6.45) is 3.44. The van der Waals surface area contributed by atoms with E-state index in [4.69, 9.17) is 0 Å². The van der Waals surface area contributed by atoms with Gasteiger partial charge in [-0.15, -0.1) is 11.3 Å². The number of nitrogens with zero attached hydrogens (tertiary/aromatic N) is 1. The van der Waals surface area contributed by atoms with Crippen LogP contribution in [0.1, 0.15) is 47.8 Å². The third-order valence-corrected chi connectivity index (χ3v) is 6.02. The van der Waals surface area contributed by atoms with Crippen molar-refractivity contribution in [1.82, 2.24) is 4.90 Å². The van der Waals surface area contributed by atoms with E-state index in [-0.39, 0.29) is 17.4 Å². The van der Waals surface area contributed by atoms with E-state index in [2.05, 4.69) is 15.6 Å². The number of anilines is 1. The minimum absolute atomic E-state index is 0.114. The topological polar surface area (TPSA) is 49.4 Å². The Bertz CT molecular complexity index is 805. The molecular formula is C21H25FN2O2S. The van der Waals surface area contributed by atoms with Crippen LogP contribution in [0, 0.1) is 11.7 Å². The SMILES string of the molecule is CC(=O)c1cc(CN2CCC[C@@H](CCC(=O)Nc3ccccc3F)C2)cs1. The number of para-hydroxylation sites is 1. The highest BCUT2D eigenvalue weighted by molar-refractivity contribution is 7.12. The van der Waals surface area contributed by atoms with Gasteiger partial charge >= 0.3 is 0 Å². The molecule has 1 N–H and O–H groups in total. The van der Waals surface area contributed by atoms with E-state index in [0.717, 1.165) is 43.8 Å². The summed E-state index contributed by atoms with van der Waals surface area (Å²) in [4.78, 5) is 26.8. The number of likely N-dealkylation sites (tertiary alicyclic amines) is 1. The van der Waals surface area contributed by atoms with E-state index < -0.39 is 5.82 Å². The van der Waals surface area contributed by atoms with Gasteiger partial charge in [-0.25, -0.2) is 4.39 Å². The normalized spacial score (nSPS) is 17.6. The Hall–Kier alpha value is -2.05. The third kappa shape index (κ3) is 5.71. The molecule has 0 radical (unpaired) electrons. The quantitative estimate of drug-likeness (QED) is 0.698. The Morgan fingerprint density at radius 3 is 2.89 bits per heavy atom. The predicted octanol–water partition coefficient (Wildman–Crippen LogP) is 4.72. The van der Waals surface area contributed by atoms with Gasteiger partial charge in [0.15, 0.2) is 5.78 Å². The molecule has 0 saturated carbocycles. The highest BCUT2D eigenvalue weighted by atomic mass is 32.1. The number of piperidine rings is 1. The van der Waals surface area contributed by atoms with Crippen LogP contribution in [0.5, 0.6) is 0 Å². The zero-order chi connectivity index (χ0) is 19.2. The average molecular weight is 389 g/mol. The second-order valence-corrected chi connectivity index (χ2v) is 8.10. The summed E-state index contributed by atoms with van der Waals surface area (Å²) in [5, 5.41) is 4.71. The number of thiophene rings is 1. The fourth-order valence-electron chi connectivity index (χ4n) is 3.54. The van der Waals surface area contributed by atoms with Crippen molar-refractivity contribution in [2.75, 3.05) is 18.4 Å². The number of rotatable bonds is 7. The van der Waals surface area contributed by atoms with Gasteiger partial charge in [0.25, 0.3) is 0 Å². The maximum Gasteiger partial charge on any atom is 0.224 e. The number of ketones is 1. The van der Waals surface area contributed by atoms with Crippen LogP contribution < -0.4 is 5.32 Å². The van der Waals surface area contributed by atoms with Crippen molar-refractivity contribution in [3.8, 4) is 0 Å². The minimum atomic E-state index is -0.407. The van der Waals surface area contributed by atoms with E-state index in [1.807, 2.05) is 6.07 Å². The van der Waals surface area contributed by atoms with Crippen molar-refractivity contribution in [3.63, 3.8) is 0 Å². The predicted molar refractivity (Wildman–Crippen MR) is 107 cm³/mol. The molecule has 1 aliphatic heterocycles. The first-order valence-electron chi connectivity index (χ1n) is 9.36. The molecule has 0 unspecified atom stereocenters. The molecule has 1 fully saturated rings. The maximum absolute atomic E-state index is 13.6. The molecule has 1 saturated heterocycles. The molecule has 1 amide bonds. The van der Waals surface area contributed by atoms with Crippen LogP contribution in [-0.4, -0.2) is 29.7 Å². The van der Waals surface area contributed by atoms with Crippen molar-refractivity contribution in [2.24, 2.45) is 5.92 Å². The lowest BCUT2D eigenvalue weighted by molar-refractivity contribution is -0.116. The molecule has 3 rings (SSSR count). The summed E-state index contributed by atoms with van der Waals surface area (Å²) in [6, 6.07) is 8.22. The highest BCUT2D eigenvalue weighted by Gasteiger charge is 2.21. The van der Waals surface area contributed by atoms with Crippen molar-refractivity contribution in [2.45, 2.75) is 39.2 Å².